The maximum atomic E-state index is 10.2. The second-order valence-electron chi connectivity index (χ2n) is 1.47. The zero-order valence-electron chi connectivity index (χ0n) is 5.18. The Balaban J connectivity index is 3.20. The molecule has 0 saturated carbocycles. The van der Waals surface area contributed by atoms with Crippen LogP contribution in [-0.4, -0.2) is 19.5 Å². The maximum absolute atomic E-state index is 10.2. The van der Waals surface area contributed by atoms with E-state index in [0.29, 0.717) is 6.61 Å². The van der Waals surface area contributed by atoms with Crippen molar-refractivity contribution in [1.82, 2.24) is 0 Å². The monoisotopic (exact) mass is 114 g/mol. The number of carbonyl (C=O) groups excluding carboxylic acids is 1. The van der Waals surface area contributed by atoms with Gasteiger partial charge in [0.25, 0.3) is 0 Å². The highest BCUT2D eigenvalue weighted by atomic mass is 16.5. The molecule has 0 aromatic heterocycles. The lowest BCUT2D eigenvalue weighted by Crippen LogP contribution is -1.84. The van der Waals surface area contributed by atoms with Crippen LogP contribution in [0.3, 0.4) is 0 Å². The molecule has 0 aromatic rings. The minimum atomic E-state index is 0.0575. The summed E-state index contributed by atoms with van der Waals surface area (Å²) < 4.78 is 4.65. The van der Waals surface area contributed by atoms with E-state index in [1.807, 2.05) is 0 Å². The first-order chi connectivity index (χ1) is 3.77. The molecule has 0 N–H and O–H groups in total. The Labute approximate surface area is 49.1 Å². The molecule has 0 spiro atoms. The van der Waals surface area contributed by atoms with E-state index in [2.05, 4.69) is 4.74 Å². The fraction of sp³-hybridized carbons (Fsp3) is 0.500. The molecule has 0 atom stereocenters. The summed E-state index contributed by atoms with van der Waals surface area (Å²) in [6.45, 7) is 2.02. The third kappa shape index (κ3) is 5.37. The Morgan fingerprint density at radius 2 is 2.38 bits per heavy atom. The van der Waals surface area contributed by atoms with Gasteiger partial charge in [0.2, 0.25) is 0 Å². The van der Waals surface area contributed by atoms with Gasteiger partial charge in [0, 0.05) is 7.11 Å². The van der Waals surface area contributed by atoms with E-state index in [9.17, 15) is 4.79 Å². The number of rotatable bonds is 3. The van der Waals surface area contributed by atoms with E-state index in [1.165, 1.54) is 13.0 Å². The van der Waals surface area contributed by atoms with Crippen LogP contribution in [0.15, 0.2) is 12.2 Å². The minimum Gasteiger partial charge on any atom is -0.381 e. The van der Waals surface area contributed by atoms with Crippen LogP contribution in [0.4, 0.5) is 0 Å². The predicted molar refractivity (Wildman–Crippen MR) is 31.7 cm³/mol. The quantitative estimate of drug-likeness (QED) is 0.507. The van der Waals surface area contributed by atoms with E-state index in [0.717, 1.165) is 0 Å². The standard InChI is InChI=1S/C6H10O2/c1-6(7)4-3-5-8-2/h3-4H,5H2,1-2H3/b4-3+. The van der Waals surface area contributed by atoms with Crippen molar-refractivity contribution in [2.45, 2.75) is 6.92 Å². The molecule has 2 heteroatoms. The molecule has 2 nitrogen and oxygen atoms in total. The van der Waals surface area contributed by atoms with Gasteiger partial charge in [0.05, 0.1) is 6.61 Å². The normalized spacial score (nSPS) is 10.2. The van der Waals surface area contributed by atoms with Crippen molar-refractivity contribution >= 4 is 5.78 Å². The van der Waals surface area contributed by atoms with Crippen molar-refractivity contribution in [3.63, 3.8) is 0 Å². The topological polar surface area (TPSA) is 26.3 Å². The van der Waals surface area contributed by atoms with Gasteiger partial charge in [-0.05, 0) is 13.0 Å². The van der Waals surface area contributed by atoms with Crippen LogP contribution < -0.4 is 0 Å². The largest absolute Gasteiger partial charge is 0.381 e. The van der Waals surface area contributed by atoms with Crippen molar-refractivity contribution in [3.8, 4) is 0 Å². The molecule has 0 amide bonds. The van der Waals surface area contributed by atoms with E-state index >= 15 is 0 Å². The van der Waals surface area contributed by atoms with Gasteiger partial charge in [-0.2, -0.15) is 0 Å². The van der Waals surface area contributed by atoms with Crippen molar-refractivity contribution in [1.29, 1.82) is 0 Å². The first kappa shape index (κ1) is 7.37. The molecule has 0 saturated heterocycles. The fourth-order valence-electron chi connectivity index (χ4n) is 0.310. The SMILES string of the molecule is COC/C=C/C(C)=O. The lowest BCUT2D eigenvalue weighted by molar-refractivity contribution is -0.112. The van der Waals surface area contributed by atoms with Crippen LogP contribution in [0.2, 0.25) is 0 Å². The van der Waals surface area contributed by atoms with Crippen LogP contribution in [0, 0.1) is 0 Å². The maximum Gasteiger partial charge on any atom is 0.152 e. The molecule has 0 rings (SSSR count). The Kier molecular flexibility index (Phi) is 4.17. The van der Waals surface area contributed by atoms with E-state index < -0.39 is 0 Å². The number of carbonyl (C=O) groups is 1. The number of allylic oxidation sites excluding steroid dienone is 1. The zero-order valence-corrected chi connectivity index (χ0v) is 5.18. The van der Waals surface area contributed by atoms with E-state index in [-0.39, 0.29) is 5.78 Å². The van der Waals surface area contributed by atoms with Gasteiger partial charge in [-0.1, -0.05) is 6.08 Å². The molecule has 0 aromatic carbocycles. The van der Waals surface area contributed by atoms with Crippen LogP contribution in [-0.2, 0) is 9.53 Å². The summed E-state index contributed by atoms with van der Waals surface area (Å²) in [6, 6.07) is 0. The van der Waals surface area contributed by atoms with Gasteiger partial charge in [0.15, 0.2) is 5.78 Å². The molecule has 0 aliphatic rings. The summed E-state index contributed by atoms with van der Waals surface area (Å²) in [4.78, 5) is 10.2. The summed E-state index contributed by atoms with van der Waals surface area (Å²) in [7, 11) is 1.59. The smallest absolute Gasteiger partial charge is 0.152 e. The average Bonchev–Trinajstić information content (AvgIpc) is 1.66. The molecular weight excluding hydrogens is 104 g/mol. The van der Waals surface area contributed by atoms with Gasteiger partial charge in [-0.25, -0.2) is 0 Å². The average molecular weight is 114 g/mol. The third-order valence-corrected chi connectivity index (χ3v) is 0.615. The van der Waals surface area contributed by atoms with E-state index in [4.69, 9.17) is 0 Å². The Morgan fingerprint density at radius 3 is 2.75 bits per heavy atom. The number of hydrogen-bond donors (Lipinski definition) is 0. The summed E-state index contributed by atoms with van der Waals surface area (Å²) >= 11 is 0. The highest BCUT2D eigenvalue weighted by Gasteiger charge is 1.77. The molecule has 0 unspecified atom stereocenters. The molecule has 0 fully saturated rings. The van der Waals surface area contributed by atoms with Gasteiger partial charge in [0.1, 0.15) is 0 Å². The Bertz CT molecular complexity index is 94.7. The van der Waals surface area contributed by atoms with Crippen molar-refractivity contribution in [2.24, 2.45) is 0 Å². The number of hydrogen-bond acceptors (Lipinski definition) is 2. The first-order valence-corrected chi connectivity index (χ1v) is 2.43. The lowest BCUT2D eigenvalue weighted by Gasteiger charge is -1.83. The molecule has 0 radical (unpaired) electrons. The lowest BCUT2D eigenvalue weighted by atomic mass is 10.4. The van der Waals surface area contributed by atoms with Crippen LogP contribution in [0.25, 0.3) is 0 Å². The summed E-state index contributed by atoms with van der Waals surface area (Å²) in [5.74, 6) is 0.0575. The second-order valence-corrected chi connectivity index (χ2v) is 1.47. The molecule has 46 valence electrons. The molecule has 0 heterocycles. The first-order valence-electron chi connectivity index (χ1n) is 2.43. The predicted octanol–water partition coefficient (Wildman–Crippen LogP) is 0.778. The molecule has 0 aliphatic heterocycles. The highest BCUT2D eigenvalue weighted by Crippen LogP contribution is 1.74. The van der Waals surface area contributed by atoms with Gasteiger partial charge < -0.3 is 4.74 Å². The van der Waals surface area contributed by atoms with Crippen molar-refractivity contribution < 1.29 is 9.53 Å². The van der Waals surface area contributed by atoms with Crippen LogP contribution >= 0.6 is 0 Å². The number of ether oxygens (including phenoxy) is 1. The van der Waals surface area contributed by atoms with Gasteiger partial charge >= 0.3 is 0 Å². The van der Waals surface area contributed by atoms with Gasteiger partial charge in [-0.3, -0.25) is 4.79 Å². The number of methoxy groups -OCH3 is 1. The summed E-state index contributed by atoms with van der Waals surface area (Å²) in [6.07, 6.45) is 3.17. The second kappa shape index (κ2) is 4.53. The van der Waals surface area contributed by atoms with Gasteiger partial charge in [-0.15, -0.1) is 0 Å². The summed E-state index contributed by atoms with van der Waals surface area (Å²) in [5, 5.41) is 0. The Morgan fingerprint density at radius 1 is 1.75 bits per heavy atom. The molecular formula is C6H10O2. The summed E-state index contributed by atoms with van der Waals surface area (Å²) in [5.41, 5.74) is 0. The zero-order chi connectivity index (χ0) is 6.41. The minimum absolute atomic E-state index is 0.0575. The fourth-order valence-corrected chi connectivity index (χ4v) is 0.310. The third-order valence-electron chi connectivity index (χ3n) is 0.615. The van der Waals surface area contributed by atoms with Crippen molar-refractivity contribution in [2.75, 3.05) is 13.7 Å². The van der Waals surface area contributed by atoms with Crippen LogP contribution in [0.5, 0.6) is 0 Å². The Hall–Kier alpha value is -0.630. The van der Waals surface area contributed by atoms with E-state index in [1.54, 1.807) is 13.2 Å². The van der Waals surface area contributed by atoms with Crippen LogP contribution in [0.1, 0.15) is 6.92 Å². The van der Waals surface area contributed by atoms with Crippen molar-refractivity contribution in [3.05, 3.63) is 12.2 Å². The molecule has 0 aliphatic carbocycles. The number of ketones is 1. The highest BCUT2D eigenvalue weighted by molar-refractivity contribution is 5.87. The molecule has 8 heavy (non-hydrogen) atoms. The molecule has 0 bridgehead atoms.